The van der Waals surface area contributed by atoms with E-state index in [4.69, 9.17) is 5.26 Å². The smallest absolute Gasteiger partial charge is 0.144 e. The Bertz CT molecular complexity index is 372. The normalized spacial score (nSPS) is 13.6. The molecule has 1 heterocycles. The third-order valence-electron chi connectivity index (χ3n) is 2.06. The third-order valence-corrected chi connectivity index (χ3v) is 2.06. The van der Waals surface area contributed by atoms with Crippen molar-refractivity contribution in [2.45, 2.75) is 12.8 Å². The number of allylic oxidation sites excluding steroid dienone is 1. The summed E-state index contributed by atoms with van der Waals surface area (Å²) in [6.07, 6.45) is 7.84. The summed E-state index contributed by atoms with van der Waals surface area (Å²) in [5.41, 5.74) is 2.83. The van der Waals surface area contributed by atoms with Gasteiger partial charge in [-0.3, -0.25) is 0 Å². The van der Waals surface area contributed by atoms with E-state index in [2.05, 4.69) is 23.2 Å². The molecule has 1 aliphatic rings. The molecular formula is C10H8N2. The van der Waals surface area contributed by atoms with Gasteiger partial charge in [-0.25, -0.2) is 4.98 Å². The van der Waals surface area contributed by atoms with Crippen LogP contribution in [0, 0.1) is 11.3 Å². The van der Waals surface area contributed by atoms with Crippen molar-refractivity contribution in [1.82, 2.24) is 4.98 Å². The number of fused-ring (bicyclic) bond motifs is 1. The molecule has 0 atom stereocenters. The second kappa shape index (κ2) is 2.78. The van der Waals surface area contributed by atoms with Gasteiger partial charge < -0.3 is 0 Å². The Balaban J connectivity index is 2.63. The largest absolute Gasteiger partial charge is 0.245 e. The number of rotatable bonds is 0. The molecule has 1 aliphatic carbocycles. The Morgan fingerprint density at radius 2 is 2.42 bits per heavy atom. The van der Waals surface area contributed by atoms with E-state index in [-0.39, 0.29) is 0 Å². The van der Waals surface area contributed by atoms with Gasteiger partial charge in [-0.05, 0) is 30.0 Å². The molecule has 0 amide bonds. The number of nitriles is 1. The molecule has 1 aromatic rings. The molecule has 2 heteroatoms. The van der Waals surface area contributed by atoms with Crippen molar-refractivity contribution in [1.29, 1.82) is 5.26 Å². The van der Waals surface area contributed by atoms with Crippen molar-refractivity contribution < 1.29 is 0 Å². The standard InChI is InChI=1S/C10H8N2/c11-7-10-9-4-2-1-3-8(9)5-6-12-10/h1,3,5-6H,2,4H2. The molecule has 0 aromatic carbocycles. The van der Waals surface area contributed by atoms with Crippen LogP contribution in [-0.4, -0.2) is 4.98 Å². The molecule has 12 heavy (non-hydrogen) atoms. The molecule has 0 radical (unpaired) electrons. The lowest BCUT2D eigenvalue weighted by Crippen LogP contribution is -1.99. The number of hydrogen-bond donors (Lipinski definition) is 0. The zero-order valence-electron chi connectivity index (χ0n) is 6.62. The van der Waals surface area contributed by atoms with E-state index in [1.54, 1.807) is 6.20 Å². The van der Waals surface area contributed by atoms with Crippen LogP contribution in [0.2, 0.25) is 0 Å². The first-order valence-electron chi connectivity index (χ1n) is 3.96. The highest BCUT2D eigenvalue weighted by molar-refractivity contribution is 5.58. The average molecular weight is 156 g/mol. The fraction of sp³-hybridized carbons (Fsp3) is 0.200. The van der Waals surface area contributed by atoms with E-state index in [0.29, 0.717) is 5.69 Å². The van der Waals surface area contributed by atoms with Gasteiger partial charge in [-0.1, -0.05) is 12.2 Å². The molecule has 0 N–H and O–H groups in total. The fourth-order valence-corrected chi connectivity index (χ4v) is 1.46. The summed E-state index contributed by atoms with van der Waals surface area (Å²) in [5, 5.41) is 8.76. The lowest BCUT2D eigenvalue weighted by Gasteiger charge is -2.09. The maximum atomic E-state index is 8.76. The van der Waals surface area contributed by atoms with Crippen molar-refractivity contribution in [2.24, 2.45) is 0 Å². The fourth-order valence-electron chi connectivity index (χ4n) is 1.46. The number of hydrogen-bond acceptors (Lipinski definition) is 2. The zero-order chi connectivity index (χ0) is 8.39. The molecule has 0 bridgehead atoms. The summed E-state index contributed by atoms with van der Waals surface area (Å²) in [6.45, 7) is 0. The second-order valence-electron chi connectivity index (χ2n) is 2.78. The van der Waals surface area contributed by atoms with Gasteiger partial charge in [0, 0.05) is 6.20 Å². The molecule has 2 rings (SSSR count). The Hall–Kier alpha value is -1.62. The van der Waals surface area contributed by atoms with Gasteiger partial charge in [-0.2, -0.15) is 5.26 Å². The van der Waals surface area contributed by atoms with Gasteiger partial charge in [0.25, 0.3) is 0 Å². The van der Waals surface area contributed by atoms with E-state index < -0.39 is 0 Å². The van der Waals surface area contributed by atoms with Crippen LogP contribution in [0.25, 0.3) is 6.08 Å². The SMILES string of the molecule is N#Cc1nccc2c1CCC=C2. The van der Waals surface area contributed by atoms with Crippen LogP contribution in [0.4, 0.5) is 0 Å². The van der Waals surface area contributed by atoms with E-state index >= 15 is 0 Å². The van der Waals surface area contributed by atoms with Crippen LogP contribution in [0.15, 0.2) is 18.3 Å². The predicted molar refractivity (Wildman–Crippen MR) is 46.3 cm³/mol. The zero-order valence-corrected chi connectivity index (χ0v) is 6.62. The summed E-state index contributed by atoms with van der Waals surface area (Å²) in [6, 6.07) is 4.06. The van der Waals surface area contributed by atoms with Crippen LogP contribution >= 0.6 is 0 Å². The molecular weight excluding hydrogens is 148 g/mol. The van der Waals surface area contributed by atoms with Crippen molar-refractivity contribution in [3.63, 3.8) is 0 Å². The Morgan fingerprint density at radius 1 is 1.50 bits per heavy atom. The molecule has 0 spiro atoms. The number of pyridine rings is 1. The summed E-state index contributed by atoms with van der Waals surface area (Å²) in [4.78, 5) is 4.02. The Kier molecular flexibility index (Phi) is 1.64. The Labute approximate surface area is 71.2 Å². The predicted octanol–water partition coefficient (Wildman–Crippen LogP) is 1.91. The van der Waals surface area contributed by atoms with Gasteiger partial charge in [0.05, 0.1) is 0 Å². The van der Waals surface area contributed by atoms with Crippen molar-refractivity contribution in [3.8, 4) is 6.07 Å². The Morgan fingerprint density at radius 3 is 3.25 bits per heavy atom. The van der Waals surface area contributed by atoms with Gasteiger partial charge in [0.1, 0.15) is 11.8 Å². The topological polar surface area (TPSA) is 36.7 Å². The van der Waals surface area contributed by atoms with E-state index in [1.165, 1.54) is 0 Å². The van der Waals surface area contributed by atoms with Crippen LogP contribution in [-0.2, 0) is 6.42 Å². The summed E-state index contributed by atoms with van der Waals surface area (Å²) >= 11 is 0. The minimum atomic E-state index is 0.580. The second-order valence-corrected chi connectivity index (χ2v) is 2.78. The van der Waals surface area contributed by atoms with Gasteiger partial charge in [0.2, 0.25) is 0 Å². The third kappa shape index (κ3) is 0.998. The summed E-state index contributed by atoms with van der Waals surface area (Å²) < 4.78 is 0. The van der Waals surface area contributed by atoms with E-state index in [1.807, 2.05) is 6.07 Å². The number of nitrogens with zero attached hydrogens (tertiary/aromatic N) is 2. The molecule has 0 saturated carbocycles. The van der Waals surface area contributed by atoms with Gasteiger partial charge >= 0.3 is 0 Å². The minimum absolute atomic E-state index is 0.580. The first-order chi connectivity index (χ1) is 5.92. The maximum absolute atomic E-state index is 8.76. The molecule has 1 aromatic heterocycles. The van der Waals surface area contributed by atoms with Crippen LogP contribution < -0.4 is 0 Å². The van der Waals surface area contributed by atoms with Crippen molar-refractivity contribution >= 4 is 6.08 Å². The van der Waals surface area contributed by atoms with Crippen LogP contribution in [0.1, 0.15) is 23.2 Å². The lowest BCUT2D eigenvalue weighted by atomic mass is 9.97. The highest BCUT2D eigenvalue weighted by Crippen LogP contribution is 2.20. The molecule has 0 aliphatic heterocycles. The summed E-state index contributed by atoms with van der Waals surface area (Å²) in [5.74, 6) is 0. The molecule has 58 valence electrons. The first-order valence-corrected chi connectivity index (χ1v) is 3.96. The van der Waals surface area contributed by atoms with Gasteiger partial charge in [-0.15, -0.1) is 0 Å². The summed E-state index contributed by atoms with van der Waals surface area (Å²) in [7, 11) is 0. The minimum Gasteiger partial charge on any atom is -0.245 e. The van der Waals surface area contributed by atoms with E-state index in [9.17, 15) is 0 Å². The molecule has 2 nitrogen and oxygen atoms in total. The number of aromatic nitrogens is 1. The maximum Gasteiger partial charge on any atom is 0.144 e. The highest BCUT2D eigenvalue weighted by atomic mass is 14.7. The first kappa shape index (κ1) is 7.05. The van der Waals surface area contributed by atoms with Crippen LogP contribution in [0.5, 0.6) is 0 Å². The van der Waals surface area contributed by atoms with E-state index in [0.717, 1.165) is 24.0 Å². The quantitative estimate of drug-likeness (QED) is 0.575. The van der Waals surface area contributed by atoms with Gasteiger partial charge in [0.15, 0.2) is 0 Å². The molecule has 0 fully saturated rings. The average Bonchev–Trinajstić information content (AvgIpc) is 2.17. The molecule has 0 saturated heterocycles. The van der Waals surface area contributed by atoms with Crippen LogP contribution in [0.3, 0.4) is 0 Å². The van der Waals surface area contributed by atoms with Crippen molar-refractivity contribution in [2.75, 3.05) is 0 Å². The van der Waals surface area contributed by atoms with Crippen molar-refractivity contribution in [3.05, 3.63) is 35.2 Å². The highest BCUT2D eigenvalue weighted by Gasteiger charge is 2.09. The monoisotopic (exact) mass is 156 g/mol. The molecule has 0 unspecified atom stereocenters. The lowest BCUT2D eigenvalue weighted by molar-refractivity contribution is 0.961.